The van der Waals surface area contributed by atoms with Gasteiger partial charge in [-0.05, 0) is 82.3 Å². The molecular weight excluding hydrogens is 312 g/mol. The molecule has 126 valence electrons. The fraction of sp³-hybridized carbons (Fsp3) is 0.429. The zero-order chi connectivity index (χ0) is 16.9. The number of fused-ring (bicyclic) bond motifs is 1. The van der Waals surface area contributed by atoms with Crippen molar-refractivity contribution in [1.82, 2.24) is 9.97 Å². The van der Waals surface area contributed by atoms with Crippen molar-refractivity contribution in [2.24, 2.45) is 0 Å². The summed E-state index contributed by atoms with van der Waals surface area (Å²) in [7, 11) is 0. The first kappa shape index (κ1) is 15.8. The zero-order valence-corrected chi connectivity index (χ0v) is 15.8. The van der Waals surface area contributed by atoms with Crippen LogP contribution in [-0.4, -0.2) is 9.97 Å². The third kappa shape index (κ3) is 2.21. The van der Waals surface area contributed by atoms with Gasteiger partial charge in [-0.3, -0.25) is 0 Å². The minimum absolute atomic E-state index is 0.0344. The Balaban J connectivity index is 1.88. The van der Waals surface area contributed by atoms with E-state index in [2.05, 4.69) is 61.9 Å². The molecule has 2 N–H and O–H groups in total. The molecule has 3 aromatic rings. The monoisotopic (exact) mass is 338 g/mol. The summed E-state index contributed by atoms with van der Waals surface area (Å²) in [6, 6.07) is 8.65. The van der Waals surface area contributed by atoms with E-state index < -0.39 is 0 Å². The lowest BCUT2D eigenvalue weighted by molar-refractivity contribution is 0.626. The highest BCUT2D eigenvalue weighted by Gasteiger charge is 2.38. The first-order valence-corrected chi connectivity index (χ1v) is 9.67. The van der Waals surface area contributed by atoms with Crippen LogP contribution in [0.4, 0.5) is 0 Å². The average molecular weight is 339 g/mol. The third-order valence-corrected chi connectivity index (χ3v) is 7.57. The second-order valence-corrected chi connectivity index (χ2v) is 9.01. The highest BCUT2D eigenvalue weighted by atomic mass is 32.1. The lowest BCUT2D eigenvalue weighted by Gasteiger charge is -2.25. The van der Waals surface area contributed by atoms with Crippen LogP contribution in [0.3, 0.4) is 0 Å². The Bertz CT molecular complexity index is 764. The number of rotatable bonds is 4. The van der Waals surface area contributed by atoms with E-state index in [1.54, 1.807) is 20.9 Å². The maximum Gasteiger partial charge on any atom is 0.0393 e. The number of aromatic nitrogens is 2. The van der Waals surface area contributed by atoms with Gasteiger partial charge in [0.05, 0.1) is 0 Å². The van der Waals surface area contributed by atoms with Crippen molar-refractivity contribution in [3.05, 3.63) is 68.9 Å². The van der Waals surface area contributed by atoms with Crippen molar-refractivity contribution >= 4 is 11.3 Å². The number of hydrogen-bond acceptors (Lipinski definition) is 1. The van der Waals surface area contributed by atoms with Gasteiger partial charge in [-0.1, -0.05) is 0 Å². The molecule has 3 aromatic heterocycles. The molecule has 0 fully saturated rings. The lowest BCUT2D eigenvalue weighted by atomic mass is 9.82. The maximum absolute atomic E-state index is 3.44. The topological polar surface area (TPSA) is 31.6 Å². The summed E-state index contributed by atoms with van der Waals surface area (Å²) in [6.45, 7) is 9.42. The molecule has 0 spiro atoms. The Labute approximate surface area is 148 Å². The van der Waals surface area contributed by atoms with E-state index in [4.69, 9.17) is 0 Å². The van der Waals surface area contributed by atoms with E-state index in [1.807, 2.05) is 23.7 Å². The molecule has 0 amide bonds. The van der Waals surface area contributed by atoms with Gasteiger partial charge in [0.25, 0.3) is 0 Å². The predicted molar refractivity (Wildman–Crippen MR) is 102 cm³/mol. The molecule has 0 radical (unpaired) electrons. The highest BCUT2D eigenvalue weighted by molar-refractivity contribution is 7.12. The molecule has 0 atom stereocenters. The summed E-state index contributed by atoms with van der Waals surface area (Å²) in [5.74, 6) is 0. The van der Waals surface area contributed by atoms with Gasteiger partial charge in [-0.15, -0.1) is 11.3 Å². The standard InChI is InChI=1S/C21H26N2S/c1-20(2,16-10-6-12-22-16)18-14-8-5-9-15(14)19(24-18)21(3,4)17-11-7-13-23-17/h6-7,10-13,22-23H,5,8-9H2,1-4H3. The second-order valence-electron chi connectivity index (χ2n) is 7.99. The molecule has 1 aliphatic carbocycles. The first-order valence-electron chi connectivity index (χ1n) is 8.85. The first-order chi connectivity index (χ1) is 11.4. The molecule has 0 saturated carbocycles. The molecule has 1 aliphatic rings. The Morgan fingerprint density at radius 2 is 1.25 bits per heavy atom. The molecule has 0 aliphatic heterocycles. The normalized spacial score (nSPS) is 15.0. The summed E-state index contributed by atoms with van der Waals surface area (Å²) in [5, 5.41) is 0. The zero-order valence-electron chi connectivity index (χ0n) is 15.0. The van der Waals surface area contributed by atoms with E-state index in [0.29, 0.717) is 0 Å². The molecule has 2 nitrogen and oxygen atoms in total. The van der Waals surface area contributed by atoms with Crippen molar-refractivity contribution in [1.29, 1.82) is 0 Å². The van der Waals surface area contributed by atoms with Crippen LogP contribution in [0.2, 0.25) is 0 Å². The van der Waals surface area contributed by atoms with Crippen LogP contribution in [0.15, 0.2) is 36.7 Å². The van der Waals surface area contributed by atoms with Crippen LogP contribution in [0.25, 0.3) is 0 Å². The molecule has 3 heteroatoms. The van der Waals surface area contributed by atoms with Gasteiger partial charge in [-0.2, -0.15) is 0 Å². The number of hydrogen-bond donors (Lipinski definition) is 2. The summed E-state index contributed by atoms with van der Waals surface area (Å²) < 4.78 is 0. The number of thiophene rings is 1. The van der Waals surface area contributed by atoms with Gasteiger partial charge in [0.2, 0.25) is 0 Å². The minimum Gasteiger partial charge on any atom is -0.364 e. The molecule has 3 heterocycles. The van der Waals surface area contributed by atoms with Gasteiger partial charge in [0.15, 0.2) is 0 Å². The molecule has 0 aromatic carbocycles. The number of nitrogens with one attached hydrogen (secondary N) is 2. The largest absolute Gasteiger partial charge is 0.364 e. The predicted octanol–water partition coefficient (Wildman–Crippen LogP) is 5.54. The second kappa shape index (κ2) is 5.38. The van der Waals surface area contributed by atoms with E-state index in [0.717, 1.165) is 0 Å². The van der Waals surface area contributed by atoms with E-state index >= 15 is 0 Å². The summed E-state index contributed by atoms with van der Waals surface area (Å²) in [5.41, 5.74) is 5.92. The Morgan fingerprint density at radius 3 is 1.62 bits per heavy atom. The van der Waals surface area contributed by atoms with Gasteiger partial charge in [-0.25, -0.2) is 0 Å². The van der Waals surface area contributed by atoms with Gasteiger partial charge < -0.3 is 9.97 Å². The molecule has 0 bridgehead atoms. The summed E-state index contributed by atoms with van der Waals surface area (Å²) in [6.07, 6.45) is 7.82. The van der Waals surface area contributed by atoms with Crippen molar-refractivity contribution < 1.29 is 0 Å². The van der Waals surface area contributed by atoms with Crippen LogP contribution in [0.1, 0.15) is 66.4 Å². The van der Waals surface area contributed by atoms with Crippen molar-refractivity contribution in [3.8, 4) is 0 Å². The molecule has 0 saturated heterocycles. The molecular formula is C21H26N2S. The Morgan fingerprint density at radius 1 is 0.792 bits per heavy atom. The van der Waals surface area contributed by atoms with Crippen LogP contribution in [0.5, 0.6) is 0 Å². The van der Waals surface area contributed by atoms with Gasteiger partial charge in [0, 0.05) is 44.4 Å². The fourth-order valence-corrected chi connectivity index (χ4v) is 5.79. The SMILES string of the molecule is CC(C)(c1ccc[nH]1)c1sc(C(C)(C)c2ccc[nH]2)c2c1CCC2. The fourth-order valence-electron chi connectivity index (χ4n) is 4.16. The lowest BCUT2D eigenvalue weighted by Crippen LogP contribution is -2.20. The highest BCUT2D eigenvalue weighted by Crippen LogP contribution is 2.49. The Kier molecular flexibility index (Phi) is 3.54. The Hall–Kier alpha value is -1.74. The van der Waals surface area contributed by atoms with E-state index in [9.17, 15) is 0 Å². The van der Waals surface area contributed by atoms with Crippen LogP contribution >= 0.6 is 11.3 Å². The average Bonchev–Trinajstić information content (AvgIpc) is 3.29. The number of H-pyrrole nitrogens is 2. The quantitative estimate of drug-likeness (QED) is 0.625. The van der Waals surface area contributed by atoms with Crippen LogP contribution in [-0.2, 0) is 23.7 Å². The van der Waals surface area contributed by atoms with Crippen LogP contribution in [0, 0.1) is 0 Å². The minimum atomic E-state index is 0.0344. The van der Waals surface area contributed by atoms with Gasteiger partial charge >= 0.3 is 0 Å². The molecule has 0 unspecified atom stereocenters. The summed E-state index contributed by atoms with van der Waals surface area (Å²) in [4.78, 5) is 9.98. The third-order valence-electron chi connectivity index (χ3n) is 5.65. The van der Waals surface area contributed by atoms with Crippen molar-refractivity contribution in [2.45, 2.75) is 57.8 Å². The van der Waals surface area contributed by atoms with Crippen LogP contribution < -0.4 is 0 Å². The van der Waals surface area contributed by atoms with Gasteiger partial charge in [0.1, 0.15) is 0 Å². The van der Waals surface area contributed by atoms with Crippen molar-refractivity contribution in [2.75, 3.05) is 0 Å². The smallest absolute Gasteiger partial charge is 0.0393 e. The molecule has 4 rings (SSSR count). The maximum atomic E-state index is 3.44. The summed E-state index contributed by atoms with van der Waals surface area (Å²) >= 11 is 2.03. The van der Waals surface area contributed by atoms with E-state index in [-0.39, 0.29) is 10.8 Å². The molecule has 24 heavy (non-hydrogen) atoms. The number of aromatic amines is 2. The van der Waals surface area contributed by atoms with E-state index in [1.165, 1.54) is 30.7 Å². The van der Waals surface area contributed by atoms with Crippen molar-refractivity contribution in [3.63, 3.8) is 0 Å².